The minimum Gasteiger partial charge on any atom is -0.488 e. The Hall–Kier alpha value is -1.84. The van der Waals surface area contributed by atoms with Crippen molar-refractivity contribution < 1.29 is 4.74 Å². The van der Waals surface area contributed by atoms with Gasteiger partial charge in [0, 0.05) is 12.6 Å². The maximum absolute atomic E-state index is 5.98. The van der Waals surface area contributed by atoms with Gasteiger partial charge in [-0.3, -0.25) is 0 Å². The zero-order valence-corrected chi connectivity index (χ0v) is 15.5. The van der Waals surface area contributed by atoms with Crippen molar-refractivity contribution >= 4 is 0 Å². The molecule has 23 heavy (non-hydrogen) atoms. The minimum atomic E-state index is -0.365. The highest BCUT2D eigenvalue weighted by molar-refractivity contribution is 5.13. The Balaban J connectivity index is 2.79. The van der Waals surface area contributed by atoms with Crippen molar-refractivity contribution in [2.45, 2.75) is 65.5 Å². The molecule has 1 heterocycles. The average Bonchev–Trinajstić information content (AvgIpc) is 2.82. The van der Waals surface area contributed by atoms with E-state index in [0.717, 1.165) is 18.5 Å². The normalized spacial score (nSPS) is 12.8. The lowest BCUT2D eigenvalue weighted by Crippen LogP contribution is -2.38. The van der Waals surface area contributed by atoms with E-state index in [2.05, 4.69) is 65.0 Å². The molecule has 1 rings (SSSR count). The van der Waals surface area contributed by atoms with Crippen molar-refractivity contribution in [2.75, 3.05) is 0 Å². The first-order chi connectivity index (χ1) is 10.6. The summed E-state index contributed by atoms with van der Waals surface area (Å²) in [5, 5.41) is 8.60. The zero-order chi connectivity index (χ0) is 17.7. The van der Waals surface area contributed by atoms with Crippen molar-refractivity contribution in [2.24, 2.45) is 5.92 Å². The van der Waals surface area contributed by atoms with Gasteiger partial charge in [0.05, 0.1) is 11.2 Å². The van der Waals surface area contributed by atoms with Crippen LogP contribution >= 0.6 is 0 Å². The molecule has 0 unspecified atom stereocenters. The van der Waals surface area contributed by atoms with Gasteiger partial charge in [-0.25, -0.2) is 4.68 Å². The Morgan fingerprint density at radius 2 is 2.00 bits per heavy atom. The summed E-state index contributed by atoms with van der Waals surface area (Å²) >= 11 is 0. The molecule has 0 N–H and O–H groups in total. The maximum atomic E-state index is 5.98. The van der Waals surface area contributed by atoms with Gasteiger partial charge in [-0.05, 0) is 46.1 Å². The van der Waals surface area contributed by atoms with Crippen molar-refractivity contribution in [3.63, 3.8) is 0 Å². The predicted molar refractivity (Wildman–Crippen MR) is 96.1 cm³/mol. The molecule has 1 aromatic rings. The van der Waals surface area contributed by atoms with Crippen molar-refractivity contribution in [3.8, 4) is 0 Å². The summed E-state index contributed by atoms with van der Waals surface area (Å²) in [5.41, 5.74) is 0.467. The molecule has 4 nitrogen and oxygen atoms in total. The summed E-state index contributed by atoms with van der Waals surface area (Å²) in [6.07, 6.45) is 9.11. The largest absolute Gasteiger partial charge is 0.488 e. The monoisotopic (exact) mass is 317 g/mol. The van der Waals surface area contributed by atoms with E-state index in [9.17, 15) is 0 Å². The van der Waals surface area contributed by atoms with Gasteiger partial charge in [0.2, 0.25) is 0 Å². The molecular formula is C19H31N3O. The first-order valence-electron chi connectivity index (χ1n) is 8.14. The van der Waals surface area contributed by atoms with Crippen LogP contribution in [-0.4, -0.2) is 20.6 Å². The second-order valence-corrected chi connectivity index (χ2v) is 7.66. The van der Waals surface area contributed by atoms with Crippen molar-refractivity contribution in [3.05, 3.63) is 49.0 Å². The highest BCUT2D eigenvalue weighted by atomic mass is 16.5. The lowest BCUT2D eigenvalue weighted by Gasteiger charge is -2.35. The summed E-state index contributed by atoms with van der Waals surface area (Å²) in [7, 11) is 0. The van der Waals surface area contributed by atoms with E-state index in [-0.39, 0.29) is 11.1 Å². The van der Waals surface area contributed by atoms with Crippen LogP contribution in [0.4, 0.5) is 0 Å². The van der Waals surface area contributed by atoms with Crippen LogP contribution in [0, 0.1) is 5.92 Å². The van der Waals surface area contributed by atoms with Crippen LogP contribution < -0.4 is 0 Å². The molecule has 0 amide bonds. The SMILES string of the molecule is C=C/C=C\C(=C)OC(C)(C)CC(C)(C)n1cc(CC(C)C)nn1. The van der Waals surface area contributed by atoms with Gasteiger partial charge < -0.3 is 4.74 Å². The molecule has 0 aliphatic heterocycles. The van der Waals surface area contributed by atoms with Crippen LogP contribution in [0.5, 0.6) is 0 Å². The number of nitrogens with zero attached hydrogens (tertiary/aromatic N) is 3. The first kappa shape index (κ1) is 19.2. The van der Waals surface area contributed by atoms with Gasteiger partial charge in [-0.15, -0.1) is 5.10 Å². The highest BCUT2D eigenvalue weighted by Gasteiger charge is 2.33. The lowest BCUT2D eigenvalue weighted by molar-refractivity contribution is 0.00377. The lowest BCUT2D eigenvalue weighted by atomic mass is 9.89. The summed E-state index contributed by atoms with van der Waals surface area (Å²) in [5.74, 6) is 1.20. The van der Waals surface area contributed by atoms with Crippen LogP contribution in [-0.2, 0) is 16.7 Å². The molecule has 4 heteroatoms. The predicted octanol–water partition coefficient (Wildman–Crippen LogP) is 4.65. The number of rotatable bonds is 9. The Labute approximate surface area is 140 Å². The molecular weight excluding hydrogens is 286 g/mol. The second-order valence-electron chi connectivity index (χ2n) is 7.66. The number of aromatic nitrogens is 3. The molecule has 0 fully saturated rings. The molecule has 0 saturated heterocycles. The van der Waals surface area contributed by atoms with Crippen LogP contribution in [0.25, 0.3) is 0 Å². The summed E-state index contributed by atoms with van der Waals surface area (Å²) in [6.45, 7) is 20.4. The first-order valence-corrected chi connectivity index (χ1v) is 8.14. The number of hydrogen-bond donors (Lipinski definition) is 0. The van der Waals surface area contributed by atoms with Gasteiger partial charge in [-0.2, -0.15) is 0 Å². The van der Waals surface area contributed by atoms with E-state index in [1.165, 1.54) is 0 Å². The maximum Gasteiger partial charge on any atom is 0.112 e. The van der Waals surface area contributed by atoms with Crippen LogP contribution in [0.2, 0.25) is 0 Å². The molecule has 128 valence electrons. The smallest absolute Gasteiger partial charge is 0.112 e. The Kier molecular flexibility index (Phi) is 6.37. The Morgan fingerprint density at radius 1 is 1.35 bits per heavy atom. The molecule has 0 aromatic carbocycles. The van der Waals surface area contributed by atoms with E-state index in [1.54, 1.807) is 6.08 Å². The standard InChI is InChI=1S/C19H31N3O/c1-9-10-11-16(4)23-19(7,8)14-18(5,6)22-13-17(20-21-22)12-15(2)3/h9-11,13,15H,1,4,12,14H2,2-3,5-8H3/b11-10-. The van der Waals surface area contributed by atoms with Gasteiger partial charge in [0.25, 0.3) is 0 Å². The fraction of sp³-hybridized carbons (Fsp3) is 0.579. The molecule has 0 aliphatic carbocycles. The summed E-state index contributed by atoms with van der Waals surface area (Å²) in [4.78, 5) is 0. The molecule has 0 spiro atoms. The van der Waals surface area contributed by atoms with Crippen LogP contribution in [0.1, 0.15) is 53.7 Å². The molecule has 0 bridgehead atoms. The molecule has 0 radical (unpaired) electrons. The van der Waals surface area contributed by atoms with E-state index >= 15 is 0 Å². The zero-order valence-electron chi connectivity index (χ0n) is 15.5. The quantitative estimate of drug-likeness (QED) is 0.491. The Bertz CT molecular complexity index is 565. The second kappa shape index (κ2) is 7.62. The van der Waals surface area contributed by atoms with Gasteiger partial charge in [0.1, 0.15) is 11.4 Å². The third-order valence-corrected chi connectivity index (χ3v) is 3.46. The van der Waals surface area contributed by atoms with E-state index in [0.29, 0.717) is 11.7 Å². The van der Waals surface area contributed by atoms with Crippen LogP contribution in [0.15, 0.2) is 43.3 Å². The number of ether oxygens (including phenoxy) is 1. The fourth-order valence-corrected chi connectivity index (χ4v) is 2.83. The fourth-order valence-electron chi connectivity index (χ4n) is 2.83. The molecule has 0 atom stereocenters. The highest BCUT2D eigenvalue weighted by Crippen LogP contribution is 2.30. The average molecular weight is 317 g/mol. The third-order valence-electron chi connectivity index (χ3n) is 3.46. The molecule has 1 aromatic heterocycles. The summed E-state index contributed by atoms with van der Waals surface area (Å²) in [6, 6.07) is 0. The van der Waals surface area contributed by atoms with E-state index in [1.807, 2.05) is 23.0 Å². The van der Waals surface area contributed by atoms with Gasteiger partial charge in [-0.1, -0.05) is 44.4 Å². The van der Waals surface area contributed by atoms with Crippen molar-refractivity contribution in [1.29, 1.82) is 0 Å². The van der Waals surface area contributed by atoms with Crippen molar-refractivity contribution in [1.82, 2.24) is 15.0 Å². The topological polar surface area (TPSA) is 39.9 Å². The Morgan fingerprint density at radius 3 is 2.57 bits per heavy atom. The van der Waals surface area contributed by atoms with E-state index in [4.69, 9.17) is 4.74 Å². The summed E-state index contributed by atoms with van der Waals surface area (Å²) < 4.78 is 7.92. The number of allylic oxidation sites excluding steroid dienone is 3. The minimum absolute atomic E-state index is 0.200. The third kappa shape index (κ3) is 6.43. The van der Waals surface area contributed by atoms with E-state index < -0.39 is 0 Å². The number of hydrogen-bond acceptors (Lipinski definition) is 3. The van der Waals surface area contributed by atoms with Gasteiger partial charge in [0.15, 0.2) is 0 Å². The van der Waals surface area contributed by atoms with Crippen LogP contribution in [0.3, 0.4) is 0 Å². The molecule has 0 aliphatic rings. The van der Waals surface area contributed by atoms with Gasteiger partial charge >= 0.3 is 0 Å². The molecule has 0 saturated carbocycles.